The Morgan fingerprint density at radius 3 is 2.72 bits per heavy atom. The van der Waals surface area contributed by atoms with E-state index >= 15 is 0 Å². The van der Waals surface area contributed by atoms with Crippen molar-refractivity contribution in [2.75, 3.05) is 12.3 Å². The monoisotopic (exact) mass is 246 g/mol. The van der Waals surface area contributed by atoms with Gasteiger partial charge in [0.15, 0.2) is 11.6 Å². The smallest absolute Gasteiger partial charge is 0.167 e. The van der Waals surface area contributed by atoms with E-state index in [1.54, 1.807) is 18.5 Å². The Morgan fingerprint density at radius 1 is 1.28 bits per heavy atom. The van der Waals surface area contributed by atoms with E-state index in [1.165, 1.54) is 6.07 Å². The summed E-state index contributed by atoms with van der Waals surface area (Å²) in [4.78, 5) is 3.93. The molecule has 94 valence electrons. The molecule has 0 saturated heterocycles. The minimum Gasteiger partial charge on any atom is -0.490 e. The second-order valence-corrected chi connectivity index (χ2v) is 4.09. The van der Waals surface area contributed by atoms with Crippen LogP contribution >= 0.6 is 0 Å². The number of nitrogen functional groups attached to an aromatic ring is 1. The highest BCUT2D eigenvalue weighted by molar-refractivity contribution is 5.50. The highest BCUT2D eigenvalue weighted by atomic mass is 19.1. The molecule has 1 heterocycles. The highest BCUT2D eigenvalue weighted by Gasteiger charge is 2.06. The molecule has 0 saturated carbocycles. The van der Waals surface area contributed by atoms with Crippen LogP contribution in [0.15, 0.2) is 36.7 Å². The van der Waals surface area contributed by atoms with Crippen molar-refractivity contribution < 1.29 is 9.13 Å². The first-order chi connectivity index (χ1) is 8.66. The predicted molar refractivity (Wildman–Crippen MR) is 69.0 cm³/mol. The fraction of sp³-hybridized carbons (Fsp3) is 0.214. The number of hydrogen-bond acceptors (Lipinski definition) is 3. The van der Waals surface area contributed by atoms with Gasteiger partial charge in [-0.3, -0.25) is 4.98 Å². The van der Waals surface area contributed by atoms with Crippen molar-refractivity contribution in [1.82, 2.24) is 4.98 Å². The third-order valence-electron chi connectivity index (χ3n) is 2.72. The molecule has 1 aromatic heterocycles. The molecular weight excluding hydrogens is 231 g/mol. The van der Waals surface area contributed by atoms with Gasteiger partial charge in [0.2, 0.25) is 0 Å². The summed E-state index contributed by atoms with van der Waals surface area (Å²) in [6, 6.07) is 6.73. The van der Waals surface area contributed by atoms with Crippen molar-refractivity contribution in [3.8, 4) is 5.75 Å². The second-order valence-electron chi connectivity index (χ2n) is 4.09. The SMILES string of the molecule is Cc1cc(OCCc2ccncc2)c(F)cc1N. The van der Waals surface area contributed by atoms with Crippen LogP contribution in [0.5, 0.6) is 5.75 Å². The first-order valence-corrected chi connectivity index (χ1v) is 5.74. The Morgan fingerprint density at radius 2 is 2.00 bits per heavy atom. The summed E-state index contributed by atoms with van der Waals surface area (Å²) in [6.07, 6.45) is 4.16. The maximum atomic E-state index is 13.5. The van der Waals surface area contributed by atoms with Crippen LogP contribution in [-0.4, -0.2) is 11.6 Å². The zero-order valence-corrected chi connectivity index (χ0v) is 10.2. The number of rotatable bonds is 4. The number of hydrogen-bond donors (Lipinski definition) is 1. The van der Waals surface area contributed by atoms with Crippen LogP contribution in [0.4, 0.5) is 10.1 Å². The third-order valence-corrected chi connectivity index (χ3v) is 2.72. The van der Waals surface area contributed by atoms with Crippen molar-refractivity contribution in [3.05, 3.63) is 53.6 Å². The van der Waals surface area contributed by atoms with E-state index in [0.717, 1.165) is 11.1 Å². The molecule has 1 aromatic carbocycles. The Kier molecular flexibility index (Phi) is 3.77. The van der Waals surface area contributed by atoms with E-state index in [2.05, 4.69) is 4.98 Å². The Labute approximate surface area is 105 Å². The molecule has 0 aliphatic heterocycles. The maximum absolute atomic E-state index is 13.5. The molecular formula is C14H15FN2O. The van der Waals surface area contributed by atoms with Crippen LogP contribution in [0.1, 0.15) is 11.1 Å². The van der Waals surface area contributed by atoms with Crippen molar-refractivity contribution in [2.45, 2.75) is 13.3 Å². The molecule has 0 aliphatic rings. The Balaban J connectivity index is 1.97. The number of ether oxygens (including phenoxy) is 1. The molecule has 2 aromatic rings. The summed E-state index contributed by atoms with van der Waals surface area (Å²) in [5, 5.41) is 0. The van der Waals surface area contributed by atoms with Gasteiger partial charge in [-0.05, 0) is 36.2 Å². The Hall–Kier alpha value is -2.10. The lowest BCUT2D eigenvalue weighted by Crippen LogP contribution is -2.04. The number of aromatic nitrogens is 1. The molecule has 0 fully saturated rings. The lowest BCUT2D eigenvalue weighted by molar-refractivity contribution is 0.305. The quantitative estimate of drug-likeness (QED) is 0.844. The van der Waals surface area contributed by atoms with Crippen molar-refractivity contribution in [3.63, 3.8) is 0 Å². The molecule has 0 bridgehead atoms. The predicted octanol–water partition coefficient (Wildman–Crippen LogP) is 2.73. The van der Waals surface area contributed by atoms with Gasteiger partial charge in [-0.1, -0.05) is 0 Å². The molecule has 0 radical (unpaired) electrons. The van der Waals surface area contributed by atoms with Crippen LogP contribution in [-0.2, 0) is 6.42 Å². The fourth-order valence-electron chi connectivity index (χ4n) is 1.61. The van der Waals surface area contributed by atoms with Crippen LogP contribution in [0.25, 0.3) is 0 Å². The molecule has 2 N–H and O–H groups in total. The third kappa shape index (κ3) is 2.97. The zero-order valence-electron chi connectivity index (χ0n) is 10.2. The molecule has 3 nitrogen and oxygen atoms in total. The topological polar surface area (TPSA) is 48.1 Å². The van der Waals surface area contributed by atoms with E-state index in [4.69, 9.17) is 10.5 Å². The van der Waals surface area contributed by atoms with Gasteiger partial charge in [0.05, 0.1) is 6.61 Å². The van der Waals surface area contributed by atoms with Crippen LogP contribution in [0, 0.1) is 12.7 Å². The minimum atomic E-state index is -0.423. The van der Waals surface area contributed by atoms with Gasteiger partial charge in [-0.2, -0.15) is 0 Å². The summed E-state index contributed by atoms with van der Waals surface area (Å²) in [5.41, 5.74) is 7.97. The largest absolute Gasteiger partial charge is 0.490 e. The van der Waals surface area contributed by atoms with Crippen LogP contribution in [0.3, 0.4) is 0 Å². The van der Waals surface area contributed by atoms with E-state index in [1.807, 2.05) is 19.1 Å². The van der Waals surface area contributed by atoms with Crippen LogP contribution < -0.4 is 10.5 Å². The van der Waals surface area contributed by atoms with Crippen LogP contribution in [0.2, 0.25) is 0 Å². The van der Waals surface area contributed by atoms with Gasteiger partial charge in [0.1, 0.15) is 0 Å². The van der Waals surface area contributed by atoms with Gasteiger partial charge in [-0.15, -0.1) is 0 Å². The first kappa shape index (κ1) is 12.4. The van der Waals surface area contributed by atoms with Gasteiger partial charge in [0, 0.05) is 30.6 Å². The summed E-state index contributed by atoms with van der Waals surface area (Å²) in [6.45, 7) is 2.24. The molecule has 0 unspecified atom stereocenters. The molecule has 18 heavy (non-hydrogen) atoms. The average Bonchev–Trinajstić information content (AvgIpc) is 2.37. The van der Waals surface area contributed by atoms with Crippen molar-refractivity contribution >= 4 is 5.69 Å². The van der Waals surface area contributed by atoms with E-state index in [9.17, 15) is 4.39 Å². The molecule has 0 atom stereocenters. The van der Waals surface area contributed by atoms with Gasteiger partial charge < -0.3 is 10.5 Å². The number of nitrogens with zero attached hydrogens (tertiary/aromatic N) is 1. The number of benzene rings is 1. The first-order valence-electron chi connectivity index (χ1n) is 5.74. The molecule has 4 heteroatoms. The van der Waals surface area contributed by atoms with Crippen molar-refractivity contribution in [2.24, 2.45) is 0 Å². The highest BCUT2D eigenvalue weighted by Crippen LogP contribution is 2.23. The van der Waals surface area contributed by atoms with E-state index in [0.29, 0.717) is 18.7 Å². The molecule has 0 aliphatic carbocycles. The standard InChI is InChI=1S/C14H15FN2O/c1-10-8-14(12(15)9-13(10)16)18-7-4-11-2-5-17-6-3-11/h2-3,5-6,8-9H,4,7,16H2,1H3. The van der Waals surface area contributed by atoms with Gasteiger partial charge in [0.25, 0.3) is 0 Å². The normalized spacial score (nSPS) is 10.3. The maximum Gasteiger partial charge on any atom is 0.167 e. The summed E-state index contributed by atoms with van der Waals surface area (Å²) in [7, 11) is 0. The number of nitrogens with two attached hydrogens (primary N) is 1. The van der Waals surface area contributed by atoms with E-state index < -0.39 is 5.82 Å². The Bertz CT molecular complexity index is 529. The second kappa shape index (κ2) is 5.49. The average molecular weight is 246 g/mol. The van der Waals surface area contributed by atoms with E-state index in [-0.39, 0.29) is 5.75 Å². The van der Waals surface area contributed by atoms with Gasteiger partial charge in [-0.25, -0.2) is 4.39 Å². The van der Waals surface area contributed by atoms with Gasteiger partial charge >= 0.3 is 0 Å². The molecule has 0 spiro atoms. The number of pyridine rings is 1. The fourth-order valence-corrected chi connectivity index (χ4v) is 1.61. The zero-order chi connectivity index (χ0) is 13.0. The molecule has 0 amide bonds. The minimum absolute atomic E-state index is 0.246. The number of anilines is 1. The number of halogens is 1. The van der Waals surface area contributed by atoms with Crippen molar-refractivity contribution in [1.29, 1.82) is 0 Å². The lowest BCUT2D eigenvalue weighted by atomic mass is 10.2. The lowest BCUT2D eigenvalue weighted by Gasteiger charge is -2.09. The molecule has 2 rings (SSSR count). The summed E-state index contributed by atoms with van der Waals surface area (Å²) in [5.74, 6) is -0.177. The number of aryl methyl sites for hydroxylation is 1. The summed E-state index contributed by atoms with van der Waals surface area (Å²) >= 11 is 0. The summed E-state index contributed by atoms with van der Waals surface area (Å²) < 4.78 is 19.0.